The van der Waals surface area contributed by atoms with Gasteiger partial charge in [-0.1, -0.05) is 109 Å². The highest BCUT2D eigenvalue weighted by Gasteiger charge is 2.18. The van der Waals surface area contributed by atoms with Crippen LogP contribution in [0.2, 0.25) is 0 Å². The Morgan fingerprint density at radius 1 is 0.405 bits per heavy atom. The zero-order valence-corrected chi connectivity index (χ0v) is 24.7. The second kappa shape index (κ2) is 12.9. The Bertz CT molecular complexity index is 1640. The van der Waals surface area contributed by atoms with Gasteiger partial charge >= 0.3 is 0 Å². The number of anilines is 6. The van der Waals surface area contributed by atoms with Gasteiger partial charge in [0.05, 0.1) is 5.25 Å². The number of hydrogen-bond donors (Lipinski definition) is 1. The first-order chi connectivity index (χ1) is 20.7. The summed E-state index contributed by atoms with van der Waals surface area (Å²) in [5, 5.41) is -0.207. The molecule has 4 heteroatoms. The molecule has 0 N–H and O–H groups in total. The average Bonchev–Trinajstić information content (AvgIpc) is 3.07. The van der Waals surface area contributed by atoms with E-state index < -0.39 is 0 Å². The molecule has 6 aromatic carbocycles. The third-order valence-corrected chi connectivity index (χ3v) is 8.39. The Labute approximate surface area is 258 Å². The van der Waals surface area contributed by atoms with Crippen molar-refractivity contribution in [2.24, 2.45) is 0 Å². The van der Waals surface area contributed by atoms with Crippen molar-refractivity contribution >= 4 is 63.8 Å². The second-order valence-electron chi connectivity index (χ2n) is 9.92. The van der Waals surface area contributed by atoms with Crippen LogP contribution in [0.25, 0.3) is 0 Å². The molecular formula is C38H30N2S2. The van der Waals surface area contributed by atoms with Gasteiger partial charge in [0, 0.05) is 39.0 Å². The summed E-state index contributed by atoms with van der Waals surface area (Å²) in [5.41, 5.74) is 8.62. The van der Waals surface area contributed by atoms with E-state index in [1.54, 1.807) is 0 Å². The molecule has 0 fully saturated rings. The van der Waals surface area contributed by atoms with Crippen molar-refractivity contribution < 1.29 is 0 Å². The molecular weight excluding hydrogens is 549 g/mol. The van der Waals surface area contributed by atoms with Crippen LogP contribution in [0.3, 0.4) is 0 Å². The van der Waals surface area contributed by atoms with Crippen LogP contribution in [0.5, 0.6) is 0 Å². The molecule has 2 nitrogen and oxygen atoms in total. The molecule has 0 spiro atoms. The van der Waals surface area contributed by atoms with E-state index in [-0.39, 0.29) is 5.25 Å². The third kappa shape index (κ3) is 6.01. The molecule has 1 atom stereocenters. The molecule has 0 aliphatic rings. The predicted molar refractivity (Wildman–Crippen MR) is 186 cm³/mol. The number of rotatable bonds is 9. The van der Waals surface area contributed by atoms with Crippen LogP contribution in [-0.2, 0) is 0 Å². The minimum absolute atomic E-state index is 0.207. The van der Waals surface area contributed by atoms with Crippen LogP contribution in [0, 0.1) is 0 Å². The molecule has 0 saturated carbocycles. The predicted octanol–water partition coefficient (Wildman–Crippen LogP) is 11.0. The molecule has 204 valence electrons. The third-order valence-electron chi connectivity index (χ3n) is 7.18. The molecule has 0 aliphatic carbocycles. The highest BCUT2D eigenvalue weighted by Crippen LogP contribution is 2.37. The van der Waals surface area contributed by atoms with Crippen molar-refractivity contribution in [3.8, 4) is 0 Å². The summed E-state index contributed by atoms with van der Waals surface area (Å²) in [6.07, 6.45) is 0. The number of thiocarbonyl (C=S) groups is 1. The van der Waals surface area contributed by atoms with Crippen LogP contribution in [0.15, 0.2) is 170 Å². The Hall–Kier alpha value is -4.64. The van der Waals surface area contributed by atoms with Crippen molar-refractivity contribution in [1.29, 1.82) is 0 Å². The van der Waals surface area contributed by atoms with Gasteiger partial charge in [-0.3, -0.25) is 0 Å². The summed E-state index contributed by atoms with van der Waals surface area (Å²) in [6, 6.07) is 58.6. The van der Waals surface area contributed by atoms with Crippen molar-refractivity contribution in [1.82, 2.24) is 0 Å². The lowest BCUT2D eigenvalue weighted by Crippen LogP contribution is -2.11. The number of benzene rings is 6. The first-order valence-corrected chi connectivity index (χ1v) is 14.8. The van der Waals surface area contributed by atoms with Crippen LogP contribution < -0.4 is 9.80 Å². The van der Waals surface area contributed by atoms with E-state index in [1.165, 1.54) is 0 Å². The highest BCUT2D eigenvalue weighted by atomic mass is 32.1. The van der Waals surface area contributed by atoms with Crippen LogP contribution in [0.1, 0.15) is 16.4 Å². The largest absolute Gasteiger partial charge is 0.311 e. The Balaban J connectivity index is 1.24. The number of thiol groups is 1. The smallest absolute Gasteiger partial charge is 0.0624 e. The lowest BCUT2D eigenvalue weighted by atomic mass is 10.0. The van der Waals surface area contributed by atoms with Gasteiger partial charge in [0.25, 0.3) is 0 Å². The van der Waals surface area contributed by atoms with Gasteiger partial charge in [-0.05, 0) is 83.9 Å². The van der Waals surface area contributed by atoms with Gasteiger partial charge in [0.2, 0.25) is 0 Å². The lowest BCUT2D eigenvalue weighted by Gasteiger charge is -2.26. The lowest BCUT2D eigenvalue weighted by molar-refractivity contribution is 1.25. The first-order valence-electron chi connectivity index (χ1n) is 13.9. The summed E-state index contributed by atoms with van der Waals surface area (Å²) >= 11 is 10.9. The fourth-order valence-electron chi connectivity index (χ4n) is 5.09. The van der Waals surface area contributed by atoms with Crippen molar-refractivity contribution in [3.05, 3.63) is 181 Å². The summed E-state index contributed by atoms with van der Waals surface area (Å²) in [4.78, 5) is 5.29. The van der Waals surface area contributed by atoms with Crippen LogP contribution in [0.4, 0.5) is 34.1 Å². The summed E-state index contributed by atoms with van der Waals surface area (Å²) in [7, 11) is 0. The van der Waals surface area contributed by atoms with Crippen molar-refractivity contribution in [3.63, 3.8) is 0 Å². The van der Waals surface area contributed by atoms with E-state index in [1.807, 2.05) is 24.3 Å². The summed E-state index contributed by atoms with van der Waals surface area (Å²) in [6.45, 7) is 0. The van der Waals surface area contributed by atoms with Crippen molar-refractivity contribution in [2.45, 2.75) is 5.25 Å². The molecule has 6 rings (SSSR count). The minimum atomic E-state index is -0.207. The quantitative estimate of drug-likeness (QED) is 0.104. The maximum Gasteiger partial charge on any atom is 0.0624 e. The van der Waals surface area contributed by atoms with Gasteiger partial charge in [-0.2, -0.15) is 12.6 Å². The Morgan fingerprint density at radius 3 is 1.02 bits per heavy atom. The fraction of sp³-hybridized carbons (Fsp3) is 0.0263. The molecule has 6 aromatic rings. The zero-order valence-electron chi connectivity index (χ0n) is 23.0. The molecule has 0 heterocycles. The zero-order chi connectivity index (χ0) is 28.7. The Kier molecular flexibility index (Phi) is 8.46. The van der Waals surface area contributed by atoms with E-state index in [9.17, 15) is 0 Å². The van der Waals surface area contributed by atoms with Gasteiger partial charge in [-0.15, -0.1) is 0 Å². The molecule has 0 radical (unpaired) electrons. The van der Waals surface area contributed by atoms with Crippen LogP contribution in [-0.4, -0.2) is 4.86 Å². The number of para-hydroxylation sites is 4. The molecule has 0 bridgehead atoms. The maximum absolute atomic E-state index is 5.96. The van der Waals surface area contributed by atoms with E-state index in [4.69, 9.17) is 24.8 Å². The minimum Gasteiger partial charge on any atom is -0.311 e. The van der Waals surface area contributed by atoms with Gasteiger partial charge in [-0.25, -0.2) is 0 Å². The number of nitrogens with zero attached hydrogens (tertiary/aromatic N) is 2. The molecule has 0 aliphatic heterocycles. The first kappa shape index (κ1) is 27.5. The molecule has 0 saturated heterocycles. The van der Waals surface area contributed by atoms with E-state index >= 15 is 0 Å². The summed E-state index contributed by atoms with van der Waals surface area (Å²) < 4.78 is 0. The molecule has 1 unspecified atom stereocenters. The molecule has 0 amide bonds. The summed E-state index contributed by atoms with van der Waals surface area (Å²) in [5.74, 6) is 0. The van der Waals surface area contributed by atoms with Gasteiger partial charge in [0.1, 0.15) is 0 Å². The normalized spacial score (nSPS) is 11.5. The SMILES string of the molecule is S=C(c1ccc(N(c2ccccc2)c2ccccc2)cc1)C(S)c1ccc(N(c2ccccc2)c2ccccc2)cc1. The fourth-order valence-corrected chi connectivity index (χ4v) is 5.69. The van der Waals surface area contributed by atoms with Gasteiger partial charge in [0.15, 0.2) is 0 Å². The maximum atomic E-state index is 5.96. The number of hydrogen-bond acceptors (Lipinski definition) is 4. The van der Waals surface area contributed by atoms with Crippen molar-refractivity contribution in [2.75, 3.05) is 9.80 Å². The van der Waals surface area contributed by atoms with Gasteiger partial charge < -0.3 is 9.80 Å². The van der Waals surface area contributed by atoms with E-state index in [0.29, 0.717) is 0 Å². The molecule has 0 aromatic heterocycles. The van der Waals surface area contributed by atoms with Crippen LogP contribution >= 0.6 is 24.8 Å². The molecule has 42 heavy (non-hydrogen) atoms. The topological polar surface area (TPSA) is 6.48 Å². The second-order valence-corrected chi connectivity index (χ2v) is 10.9. The van der Waals surface area contributed by atoms with E-state index in [2.05, 4.69) is 155 Å². The average molecular weight is 579 g/mol. The van der Waals surface area contributed by atoms with E-state index in [0.717, 1.165) is 50.1 Å². The monoisotopic (exact) mass is 578 g/mol. The highest BCUT2D eigenvalue weighted by molar-refractivity contribution is 7.86. The standard InChI is InChI=1S/C38H30N2S2/c41-37(29-21-25-35(26-22-29)39(31-13-5-1-6-14-31)32-15-7-2-8-16-32)38(42)30-23-27-36(28-24-30)40(33-17-9-3-10-18-33)34-19-11-4-12-20-34/h1-28,37,41H. The Morgan fingerprint density at radius 2 is 0.690 bits per heavy atom.